The van der Waals surface area contributed by atoms with Crippen LogP contribution in [0.4, 0.5) is 5.95 Å². The van der Waals surface area contributed by atoms with E-state index in [9.17, 15) is 4.79 Å². The summed E-state index contributed by atoms with van der Waals surface area (Å²) >= 11 is 0. The van der Waals surface area contributed by atoms with E-state index in [4.69, 9.17) is 11.5 Å². The maximum absolute atomic E-state index is 10.8. The molecule has 2 rings (SSSR count). The third-order valence-corrected chi connectivity index (χ3v) is 2.18. The minimum absolute atomic E-state index is 0.00120. The highest BCUT2D eigenvalue weighted by molar-refractivity contribution is 5.81. The van der Waals surface area contributed by atoms with Crippen LogP contribution in [0.2, 0.25) is 0 Å². The summed E-state index contributed by atoms with van der Waals surface area (Å²) in [6, 6.07) is 1.84. The molecule has 0 unspecified atom stereocenters. The Bertz CT molecular complexity index is 531. The van der Waals surface area contributed by atoms with Crippen molar-refractivity contribution in [1.82, 2.24) is 14.5 Å². The fourth-order valence-corrected chi connectivity index (χ4v) is 1.47. The lowest BCUT2D eigenvalue weighted by Crippen LogP contribution is -2.20. The van der Waals surface area contributed by atoms with Crippen LogP contribution in [0.3, 0.4) is 0 Å². The number of nitrogens with two attached hydrogens (primary N) is 2. The lowest BCUT2D eigenvalue weighted by atomic mass is 10.3. The molecular formula is C9H11N5O. The van der Waals surface area contributed by atoms with Crippen LogP contribution in [-0.2, 0) is 11.3 Å². The van der Waals surface area contributed by atoms with Crippen molar-refractivity contribution >= 4 is 23.0 Å². The van der Waals surface area contributed by atoms with Gasteiger partial charge in [0.1, 0.15) is 12.1 Å². The van der Waals surface area contributed by atoms with Gasteiger partial charge in [0.05, 0.1) is 0 Å². The van der Waals surface area contributed by atoms with Crippen LogP contribution in [0.1, 0.15) is 5.56 Å². The van der Waals surface area contributed by atoms with Crippen LogP contribution >= 0.6 is 0 Å². The van der Waals surface area contributed by atoms with Crippen molar-refractivity contribution in [2.45, 2.75) is 13.5 Å². The van der Waals surface area contributed by atoms with Gasteiger partial charge >= 0.3 is 0 Å². The molecule has 15 heavy (non-hydrogen) atoms. The van der Waals surface area contributed by atoms with E-state index < -0.39 is 5.91 Å². The number of amides is 1. The first-order valence-corrected chi connectivity index (χ1v) is 4.45. The average Bonchev–Trinajstić information content (AvgIpc) is 2.45. The van der Waals surface area contributed by atoms with Gasteiger partial charge in [-0.05, 0) is 18.6 Å². The predicted octanol–water partition coefficient (Wildman–Crippen LogP) is -0.193. The second kappa shape index (κ2) is 3.23. The maximum atomic E-state index is 10.8. The number of aryl methyl sites for hydroxylation is 1. The van der Waals surface area contributed by atoms with Gasteiger partial charge in [-0.2, -0.15) is 0 Å². The number of rotatable bonds is 2. The number of aromatic nitrogens is 3. The van der Waals surface area contributed by atoms with E-state index >= 15 is 0 Å². The van der Waals surface area contributed by atoms with Crippen LogP contribution in [0, 0.1) is 6.92 Å². The number of imidazole rings is 1. The molecule has 0 bridgehead atoms. The number of anilines is 1. The second-order valence-electron chi connectivity index (χ2n) is 3.32. The molecule has 2 aromatic rings. The van der Waals surface area contributed by atoms with Gasteiger partial charge in [0.2, 0.25) is 11.9 Å². The number of hydrogen-bond acceptors (Lipinski definition) is 4. The van der Waals surface area contributed by atoms with E-state index in [1.54, 1.807) is 6.20 Å². The largest absolute Gasteiger partial charge is 0.369 e. The van der Waals surface area contributed by atoms with Gasteiger partial charge in [-0.3, -0.25) is 9.36 Å². The monoisotopic (exact) mass is 205 g/mol. The van der Waals surface area contributed by atoms with Crippen LogP contribution < -0.4 is 11.5 Å². The Hall–Kier alpha value is -2.11. The second-order valence-corrected chi connectivity index (χ2v) is 3.32. The zero-order valence-electron chi connectivity index (χ0n) is 8.27. The molecule has 0 saturated carbocycles. The molecule has 4 N–H and O–H groups in total. The normalized spacial score (nSPS) is 10.7. The van der Waals surface area contributed by atoms with Crippen molar-refractivity contribution in [3.63, 3.8) is 0 Å². The SMILES string of the molecule is Cc1ccnc2c1nc(N)n2CC(N)=O. The Morgan fingerprint density at radius 2 is 2.33 bits per heavy atom. The molecule has 0 atom stereocenters. The molecule has 2 heterocycles. The Kier molecular flexibility index (Phi) is 2.03. The van der Waals surface area contributed by atoms with Gasteiger partial charge in [0.15, 0.2) is 5.65 Å². The van der Waals surface area contributed by atoms with E-state index in [-0.39, 0.29) is 12.5 Å². The molecule has 0 fully saturated rings. The minimum Gasteiger partial charge on any atom is -0.369 e. The van der Waals surface area contributed by atoms with Gasteiger partial charge in [-0.25, -0.2) is 9.97 Å². The lowest BCUT2D eigenvalue weighted by Gasteiger charge is -2.01. The Labute approximate surface area is 85.9 Å². The number of nitrogen functional groups attached to an aromatic ring is 1. The molecule has 0 spiro atoms. The van der Waals surface area contributed by atoms with Crippen LogP contribution in [0.5, 0.6) is 0 Å². The van der Waals surface area contributed by atoms with Gasteiger partial charge in [-0.1, -0.05) is 0 Å². The highest BCUT2D eigenvalue weighted by Gasteiger charge is 2.12. The Morgan fingerprint density at radius 1 is 1.60 bits per heavy atom. The van der Waals surface area contributed by atoms with Crippen molar-refractivity contribution < 1.29 is 4.79 Å². The van der Waals surface area contributed by atoms with E-state index in [0.717, 1.165) is 5.56 Å². The maximum Gasteiger partial charge on any atom is 0.237 e. The molecule has 2 aromatic heterocycles. The third kappa shape index (κ3) is 1.50. The highest BCUT2D eigenvalue weighted by Crippen LogP contribution is 2.18. The molecule has 0 aliphatic rings. The summed E-state index contributed by atoms with van der Waals surface area (Å²) in [7, 11) is 0. The van der Waals surface area contributed by atoms with Crippen LogP contribution in [-0.4, -0.2) is 20.4 Å². The number of pyridine rings is 1. The molecule has 6 heteroatoms. The zero-order valence-corrected chi connectivity index (χ0v) is 8.27. The summed E-state index contributed by atoms with van der Waals surface area (Å²) < 4.78 is 1.50. The van der Waals surface area contributed by atoms with E-state index in [2.05, 4.69) is 9.97 Å². The smallest absolute Gasteiger partial charge is 0.237 e. The van der Waals surface area contributed by atoms with Gasteiger partial charge in [0.25, 0.3) is 0 Å². The lowest BCUT2D eigenvalue weighted by molar-refractivity contribution is -0.118. The molecule has 0 aromatic carbocycles. The molecule has 0 aliphatic heterocycles. The molecule has 78 valence electrons. The quantitative estimate of drug-likeness (QED) is 0.709. The first-order chi connectivity index (χ1) is 7.09. The summed E-state index contributed by atoms with van der Waals surface area (Å²) in [5, 5.41) is 0. The number of primary amides is 1. The van der Waals surface area contributed by atoms with Crippen LogP contribution in [0.15, 0.2) is 12.3 Å². The molecule has 0 radical (unpaired) electrons. The summed E-state index contributed by atoms with van der Waals surface area (Å²) in [4.78, 5) is 19.1. The molecule has 0 aliphatic carbocycles. The summed E-state index contributed by atoms with van der Waals surface area (Å²) in [5.74, 6) is -0.213. The summed E-state index contributed by atoms with van der Waals surface area (Å²) in [6.45, 7) is 1.91. The summed E-state index contributed by atoms with van der Waals surface area (Å²) in [6.07, 6.45) is 1.65. The fraction of sp³-hybridized carbons (Fsp3) is 0.222. The third-order valence-electron chi connectivity index (χ3n) is 2.18. The highest BCUT2D eigenvalue weighted by atomic mass is 16.1. The number of nitrogens with zero attached hydrogens (tertiary/aromatic N) is 3. The van der Waals surface area contributed by atoms with Gasteiger partial charge < -0.3 is 11.5 Å². The standard InChI is InChI=1S/C9H11N5O/c1-5-2-3-12-8-7(5)13-9(11)14(8)4-6(10)15/h2-3H,4H2,1H3,(H2,10,15)(H2,11,13). The van der Waals surface area contributed by atoms with Gasteiger partial charge in [-0.15, -0.1) is 0 Å². The van der Waals surface area contributed by atoms with E-state index in [0.29, 0.717) is 11.2 Å². The van der Waals surface area contributed by atoms with E-state index in [1.165, 1.54) is 4.57 Å². The number of carbonyl (C=O) groups is 1. The first-order valence-electron chi connectivity index (χ1n) is 4.45. The predicted molar refractivity (Wildman–Crippen MR) is 55.9 cm³/mol. The Balaban J connectivity index is 2.68. The average molecular weight is 205 g/mol. The van der Waals surface area contributed by atoms with Crippen molar-refractivity contribution in [3.05, 3.63) is 17.8 Å². The van der Waals surface area contributed by atoms with E-state index in [1.807, 2.05) is 13.0 Å². The van der Waals surface area contributed by atoms with Crippen molar-refractivity contribution in [1.29, 1.82) is 0 Å². The number of carbonyl (C=O) groups excluding carboxylic acids is 1. The Morgan fingerprint density at radius 3 is 3.00 bits per heavy atom. The van der Waals surface area contributed by atoms with Crippen molar-refractivity contribution in [2.24, 2.45) is 5.73 Å². The van der Waals surface area contributed by atoms with Gasteiger partial charge in [0, 0.05) is 6.20 Å². The molecule has 6 nitrogen and oxygen atoms in total. The zero-order chi connectivity index (χ0) is 11.0. The fourth-order valence-electron chi connectivity index (χ4n) is 1.47. The minimum atomic E-state index is -0.468. The van der Waals surface area contributed by atoms with Crippen LogP contribution in [0.25, 0.3) is 11.2 Å². The molecular weight excluding hydrogens is 194 g/mol. The first kappa shape index (κ1) is 9.45. The van der Waals surface area contributed by atoms with Crippen molar-refractivity contribution in [2.75, 3.05) is 5.73 Å². The topological polar surface area (TPSA) is 99.8 Å². The van der Waals surface area contributed by atoms with Crippen molar-refractivity contribution in [3.8, 4) is 0 Å². The number of hydrogen-bond donors (Lipinski definition) is 2. The molecule has 0 saturated heterocycles. The number of fused-ring (bicyclic) bond motifs is 1. The summed E-state index contributed by atoms with van der Waals surface area (Å²) in [5.41, 5.74) is 13.0. The molecule has 1 amide bonds.